The van der Waals surface area contributed by atoms with Crippen molar-refractivity contribution in [2.24, 2.45) is 0 Å². The average molecular weight is 1490 g/mol. The van der Waals surface area contributed by atoms with Crippen molar-refractivity contribution in [1.29, 1.82) is 0 Å². The lowest BCUT2D eigenvalue weighted by atomic mass is 9.76. The summed E-state index contributed by atoms with van der Waals surface area (Å²) in [7, 11) is -0.606. The summed E-state index contributed by atoms with van der Waals surface area (Å²) in [4.78, 5) is 63.4. The molecule has 6 aliphatic heterocycles. The van der Waals surface area contributed by atoms with E-state index in [0.717, 1.165) is 133 Å². The zero-order valence-electron chi connectivity index (χ0n) is 58.8. The number of nitrogens with zero attached hydrogens (tertiary/aromatic N) is 11. The predicted octanol–water partition coefficient (Wildman–Crippen LogP) is 12.3. The van der Waals surface area contributed by atoms with Crippen LogP contribution in [-0.4, -0.2) is 192 Å². The van der Waals surface area contributed by atoms with Crippen LogP contribution >= 0.6 is 34.8 Å². The Hall–Kier alpha value is -7.71. The van der Waals surface area contributed by atoms with Gasteiger partial charge in [-0.2, -0.15) is 36.3 Å². The normalized spacial score (nSPS) is 17.7. The Morgan fingerprint density at radius 1 is 0.437 bits per heavy atom. The molecule has 0 bridgehead atoms. The molecule has 0 saturated carbocycles. The zero-order chi connectivity index (χ0) is 74.0. The topological polar surface area (TPSA) is 216 Å². The molecule has 103 heavy (non-hydrogen) atoms. The Bertz CT molecular complexity index is 4080. The van der Waals surface area contributed by atoms with E-state index in [1.807, 2.05) is 78.5 Å². The maximum atomic E-state index is 13.2. The van der Waals surface area contributed by atoms with E-state index in [1.165, 1.54) is 24.3 Å². The van der Waals surface area contributed by atoms with Gasteiger partial charge in [-0.05, 0) is 134 Å². The third-order valence-electron chi connectivity index (χ3n) is 18.4. The van der Waals surface area contributed by atoms with Gasteiger partial charge in [0.15, 0.2) is 0 Å². The van der Waals surface area contributed by atoms with Gasteiger partial charge in [0, 0.05) is 110 Å². The summed E-state index contributed by atoms with van der Waals surface area (Å²) in [6.45, 7) is 31.7. The standard InChI is InChI=1S/C28H30F3N5O3.C21H23BF3NO3.C13H19ClN4O2.C9H11Cl2N3O/c1-18-6-7-22(32-26(37)20-4-3-5-21(16-20)28(29,30)31)17-23(18)24-19(2)25(35-8-12-38-13-9-35)34-27(33-24)36-10-14-39-15-11-36;1-13-9-10-16(12-17(13)22-28-19(2,3)20(4,5)29-22)26-18(27)14-7-6-8-15(11-14)21(23,24)25;1-10-11(14)15-13(18-4-8-20-9-5-18)16-12(10)17-2-6-19-7-3-17;1-6-7(10)12-9(13-8(6)11)14-2-4-15-5-3-14/h3-7,16-17H,8-15H2,1-2H3,(H,32,37);6-12H,1-5H3,(H,26,27);2-9H2,1H3;2-5H2,1H3. The first kappa shape index (κ1) is 77.9. The number of anilines is 7. The first-order valence-corrected chi connectivity index (χ1v) is 34.9. The second kappa shape index (κ2) is 34.0. The number of halogens is 9. The van der Waals surface area contributed by atoms with Gasteiger partial charge in [-0.1, -0.05) is 64.6 Å². The first-order valence-electron chi connectivity index (χ1n) is 33.7. The van der Waals surface area contributed by atoms with Crippen molar-refractivity contribution in [2.75, 3.05) is 167 Å². The van der Waals surface area contributed by atoms with Crippen LogP contribution in [0.3, 0.4) is 0 Å². The number of carbonyl (C=O) groups is 2. The fourth-order valence-electron chi connectivity index (χ4n) is 11.5. The van der Waals surface area contributed by atoms with E-state index < -0.39 is 53.6 Å². The average Bonchev–Trinajstić information content (AvgIpc) is 1.64. The predicted molar refractivity (Wildman–Crippen MR) is 386 cm³/mol. The molecular formula is C71H83BCl3F6N13O9. The van der Waals surface area contributed by atoms with Crippen molar-refractivity contribution < 1.29 is 68.9 Å². The van der Waals surface area contributed by atoms with Gasteiger partial charge in [-0.25, -0.2) is 19.9 Å². The summed E-state index contributed by atoms with van der Waals surface area (Å²) in [5, 5.41) is 6.76. The van der Waals surface area contributed by atoms with E-state index >= 15 is 0 Å². The Labute approximate surface area is 610 Å². The van der Waals surface area contributed by atoms with E-state index in [1.54, 1.807) is 25.1 Å². The fourth-order valence-corrected chi connectivity index (χ4v) is 12.1. The van der Waals surface area contributed by atoms with Crippen LogP contribution in [0.2, 0.25) is 15.5 Å². The number of nitrogens with one attached hydrogen (secondary N) is 2. The van der Waals surface area contributed by atoms with Gasteiger partial charge in [0.25, 0.3) is 11.8 Å². The molecule has 3 aromatic heterocycles. The number of morpholine rings is 5. The molecule has 13 rings (SSSR count). The minimum Gasteiger partial charge on any atom is -0.399 e. The number of carbonyl (C=O) groups excluding carboxylic acids is 2. The van der Waals surface area contributed by atoms with E-state index in [0.29, 0.717) is 124 Å². The molecule has 0 atom stereocenters. The Morgan fingerprint density at radius 3 is 1.19 bits per heavy atom. The lowest BCUT2D eigenvalue weighted by molar-refractivity contribution is -0.138. The smallest absolute Gasteiger partial charge is 0.399 e. The number of amides is 2. The summed E-state index contributed by atoms with van der Waals surface area (Å²) in [6, 6.07) is 19.3. The highest BCUT2D eigenvalue weighted by atomic mass is 35.5. The molecule has 0 spiro atoms. The van der Waals surface area contributed by atoms with Crippen LogP contribution in [0.15, 0.2) is 84.9 Å². The second-order valence-corrected chi connectivity index (χ2v) is 27.1. The van der Waals surface area contributed by atoms with E-state index in [9.17, 15) is 35.9 Å². The molecule has 2 N–H and O–H groups in total. The maximum absolute atomic E-state index is 13.2. The van der Waals surface area contributed by atoms with Crippen molar-refractivity contribution in [3.8, 4) is 11.3 Å². The largest absolute Gasteiger partial charge is 0.495 e. The molecule has 6 fully saturated rings. The van der Waals surface area contributed by atoms with Crippen LogP contribution in [0.5, 0.6) is 0 Å². The molecule has 552 valence electrons. The van der Waals surface area contributed by atoms with Gasteiger partial charge in [-0.15, -0.1) is 0 Å². The lowest BCUT2D eigenvalue weighted by Crippen LogP contribution is -2.41. The summed E-state index contributed by atoms with van der Waals surface area (Å²) < 4.78 is 117. The number of benzene rings is 4. The molecule has 0 unspecified atom stereocenters. The van der Waals surface area contributed by atoms with Crippen molar-refractivity contribution in [1.82, 2.24) is 29.9 Å². The van der Waals surface area contributed by atoms with E-state index in [-0.39, 0.29) is 11.1 Å². The van der Waals surface area contributed by atoms with Gasteiger partial charge < -0.3 is 68.1 Å². The summed E-state index contributed by atoms with van der Waals surface area (Å²) >= 11 is 18.2. The Balaban J connectivity index is 0.000000157. The number of hydrogen-bond donors (Lipinski definition) is 2. The number of alkyl halides is 6. The molecule has 7 aromatic rings. The Kier molecular flexibility index (Phi) is 25.7. The molecule has 6 aliphatic rings. The lowest BCUT2D eigenvalue weighted by Gasteiger charge is -2.32. The zero-order valence-corrected chi connectivity index (χ0v) is 61.1. The molecule has 0 aliphatic carbocycles. The first-order chi connectivity index (χ1) is 48.9. The third kappa shape index (κ3) is 19.8. The van der Waals surface area contributed by atoms with Gasteiger partial charge in [0.2, 0.25) is 17.8 Å². The monoisotopic (exact) mass is 1490 g/mol. The SMILES string of the molecule is Cc1c(Cl)nc(N2CCOCC2)nc1Cl.Cc1c(Cl)nc(N2CCOCC2)nc1N1CCOCC1.Cc1ccc(NC(=O)c2cccc(C(F)(F)F)c2)cc1-c1nc(N2CCOCC2)nc(N2CCOCC2)c1C.Cc1ccc(NC(=O)c2cccc(C(F)(F)F)c2)cc1B1OC(C)(C)C(C)(C)O1. The minimum absolute atomic E-state index is 0.0717. The van der Waals surface area contributed by atoms with Crippen LogP contribution in [0.1, 0.15) is 87.4 Å². The number of ether oxygens (including phenoxy) is 5. The van der Waals surface area contributed by atoms with E-state index in [2.05, 4.69) is 45.2 Å². The van der Waals surface area contributed by atoms with Crippen LogP contribution < -0.4 is 40.6 Å². The highest BCUT2D eigenvalue weighted by molar-refractivity contribution is 6.62. The van der Waals surface area contributed by atoms with Crippen molar-refractivity contribution in [3.05, 3.63) is 150 Å². The quantitative estimate of drug-likeness (QED) is 0.0699. The van der Waals surface area contributed by atoms with Crippen LogP contribution in [0.25, 0.3) is 11.3 Å². The Morgan fingerprint density at radius 2 is 0.786 bits per heavy atom. The van der Waals surface area contributed by atoms with E-state index in [4.69, 9.17) is 82.7 Å². The number of hydrogen-bond acceptors (Lipinski definition) is 20. The molecule has 6 saturated heterocycles. The highest BCUT2D eigenvalue weighted by Crippen LogP contribution is 2.39. The third-order valence-corrected chi connectivity index (χ3v) is 19.5. The fraction of sp³-hybridized carbons (Fsp3) is 0.465. The minimum atomic E-state index is -4.53. The highest BCUT2D eigenvalue weighted by Gasteiger charge is 2.52. The number of aryl methyl sites for hydroxylation is 2. The summed E-state index contributed by atoms with van der Waals surface area (Å²) in [6.07, 6.45) is -9.04. The van der Waals surface area contributed by atoms with Crippen molar-refractivity contribution in [3.63, 3.8) is 0 Å². The molecule has 2 amide bonds. The molecule has 4 aromatic carbocycles. The van der Waals surface area contributed by atoms with Gasteiger partial charge in [0.1, 0.15) is 27.1 Å². The van der Waals surface area contributed by atoms with Crippen LogP contribution in [0, 0.1) is 34.6 Å². The molecular weight excluding hydrogens is 1410 g/mol. The number of aromatic nitrogens is 6. The molecule has 32 heteroatoms. The van der Waals surface area contributed by atoms with Crippen molar-refractivity contribution >= 4 is 100 Å². The van der Waals surface area contributed by atoms with Gasteiger partial charge in [0.05, 0.1) is 94.1 Å². The van der Waals surface area contributed by atoms with Crippen LogP contribution in [-0.2, 0) is 45.3 Å². The van der Waals surface area contributed by atoms with Crippen LogP contribution in [0.4, 0.5) is 67.2 Å². The summed E-state index contributed by atoms with van der Waals surface area (Å²) in [5.74, 6) is 2.40. The maximum Gasteiger partial charge on any atom is 0.495 e. The molecule has 22 nitrogen and oxygen atoms in total. The molecule has 9 heterocycles. The second-order valence-electron chi connectivity index (χ2n) is 26.1. The molecule has 0 radical (unpaired) electrons. The number of rotatable bonds is 11. The van der Waals surface area contributed by atoms with Gasteiger partial charge >= 0.3 is 19.5 Å². The van der Waals surface area contributed by atoms with Gasteiger partial charge in [-0.3, -0.25) is 9.59 Å². The summed E-state index contributed by atoms with van der Waals surface area (Å²) in [5.41, 5.74) is 4.70. The van der Waals surface area contributed by atoms with Crippen molar-refractivity contribution in [2.45, 2.75) is 85.9 Å².